The Hall–Kier alpha value is -0.840. The predicted octanol–water partition coefficient (Wildman–Crippen LogP) is 1.54. The standard InChI is InChI=1S/C11H21FN2O2/c1-11(2,3)16-10(15)14-5-4-9(12)8(6-13)7-14/h8-9H,4-7,13H2,1-3H3/t8-,9-/m0/s1. The van der Waals surface area contributed by atoms with E-state index in [1.54, 1.807) is 4.90 Å². The highest BCUT2D eigenvalue weighted by Gasteiger charge is 2.32. The minimum Gasteiger partial charge on any atom is -0.444 e. The van der Waals surface area contributed by atoms with Gasteiger partial charge in [-0.1, -0.05) is 0 Å². The maximum atomic E-state index is 13.4. The lowest BCUT2D eigenvalue weighted by Crippen LogP contribution is -2.48. The number of carbonyl (C=O) groups is 1. The number of amides is 1. The van der Waals surface area contributed by atoms with Gasteiger partial charge in [-0.25, -0.2) is 9.18 Å². The number of alkyl halides is 1. The largest absolute Gasteiger partial charge is 0.444 e. The molecule has 1 heterocycles. The number of hydrogen-bond donors (Lipinski definition) is 1. The van der Waals surface area contributed by atoms with E-state index in [1.807, 2.05) is 20.8 Å². The van der Waals surface area contributed by atoms with Gasteiger partial charge < -0.3 is 15.4 Å². The number of nitrogens with zero attached hydrogens (tertiary/aromatic N) is 1. The van der Waals surface area contributed by atoms with Gasteiger partial charge in [0, 0.05) is 19.0 Å². The molecule has 0 unspecified atom stereocenters. The fourth-order valence-corrected chi connectivity index (χ4v) is 1.72. The Kier molecular flexibility index (Phi) is 4.13. The van der Waals surface area contributed by atoms with E-state index in [2.05, 4.69) is 0 Å². The Morgan fingerprint density at radius 3 is 2.69 bits per heavy atom. The van der Waals surface area contributed by atoms with E-state index in [4.69, 9.17) is 10.5 Å². The van der Waals surface area contributed by atoms with Crippen molar-refractivity contribution in [3.8, 4) is 0 Å². The number of carbonyl (C=O) groups excluding carboxylic acids is 1. The first-order chi connectivity index (χ1) is 7.33. The number of halogens is 1. The molecule has 5 heteroatoms. The normalized spacial score (nSPS) is 26.7. The SMILES string of the molecule is CC(C)(C)OC(=O)N1CC[C@H](F)[C@@H](CN)C1. The van der Waals surface area contributed by atoms with Crippen molar-refractivity contribution in [1.29, 1.82) is 0 Å². The Bertz CT molecular complexity index is 253. The van der Waals surface area contributed by atoms with Crippen LogP contribution in [-0.2, 0) is 4.74 Å². The van der Waals surface area contributed by atoms with Gasteiger partial charge in [-0.3, -0.25) is 0 Å². The highest BCUT2D eigenvalue weighted by atomic mass is 19.1. The fourth-order valence-electron chi connectivity index (χ4n) is 1.72. The lowest BCUT2D eigenvalue weighted by Gasteiger charge is -2.35. The van der Waals surface area contributed by atoms with E-state index in [0.717, 1.165) is 0 Å². The van der Waals surface area contributed by atoms with E-state index in [0.29, 0.717) is 19.5 Å². The van der Waals surface area contributed by atoms with Crippen molar-refractivity contribution in [2.24, 2.45) is 11.7 Å². The van der Waals surface area contributed by atoms with Crippen LogP contribution in [0.1, 0.15) is 27.2 Å². The third kappa shape index (κ3) is 3.63. The Labute approximate surface area is 95.9 Å². The average Bonchev–Trinajstić information content (AvgIpc) is 2.15. The molecular formula is C11H21FN2O2. The number of likely N-dealkylation sites (tertiary alicyclic amines) is 1. The molecule has 1 aliphatic heterocycles. The molecule has 0 saturated carbocycles. The van der Waals surface area contributed by atoms with Crippen LogP contribution in [0.15, 0.2) is 0 Å². The van der Waals surface area contributed by atoms with Crippen molar-refractivity contribution in [2.75, 3.05) is 19.6 Å². The zero-order chi connectivity index (χ0) is 12.3. The van der Waals surface area contributed by atoms with Crippen LogP contribution < -0.4 is 5.73 Å². The minimum atomic E-state index is -0.899. The molecule has 0 bridgehead atoms. The number of piperidine rings is 1. The molecule has 2 N–H and O–H groups in total. The Balaban J connectivity index is 2.52. The summed E-state index contributed by atoms with van der Waals surface area (Å²) in [5.41, 5.74) is 4.95. The van der Waals surface area contributed by atoms with Crippen molar-refractivity contribution >= 4 is 6.09 Å². The summed E-state index contributed by atoms with van der Waals surface area (Å²) in [5, 5.41) is 0. The molecular weight excluding hydrogens is 211 g/mol. The summed E-state index contributed by atoms with van der Waals surface area (Å²) in [6.07, 6.45) is -0.928. The van der Waals surface area contributed by atoms with Gasteiger partial charge in [0.2, 0.25) is 0 Å². The zero-order valence-corrected chi connectivity index (χ0v) is 10.2. The summed E-state index contributed by atoms with van der Waals surface area (Å²) in [6.45, 7) is 6.47. The molecule has 16 heavy (non-hydrogen) atoms. The van der Waals surface area contributed by atoms with Crippen LogP contribution in [0.5, 0.6) is 0 Å². The lowest BCUT2D eigenvalue weighted by atomic mass is 9.96. The number of rotatable bonds is 1. The lowest BCUT2D eigenvalue weighted by molar-refractivity contribution is 0.00770. The topological polar surface area (TPSA) is 55.6 Å². The van der Waals surface area contributed by atoms with E-state index in [1.165, 1.54) is 0 Å². The summed E-state index contributed by atoms with van der Waals surface area (Å²) in [7, 11) is 0. The summed E-state index contributed by atoms with van der Waals surface area (Å²) in [4.78, 5) is 13.3. The second-order valence-corrected chi connectivity index (χ2v) is 5.23. The van der Waals surface area contributed by atoms with Crippen LogP contribution in [0.3, 0.4) is 0 Å². The monoisotopic (exact) mass is 232 g/mol. The van der Waals surface area contributed by atoms with Gasteiger partial charge in [0.25, 0.3) is 0 Å². The molecule has 0 aromatic heterocycles. The zero-order valence-electron chi connectivity index (χ0n) is 10.2. The van der Waals surface area contributed by atoms with E-state index in [9.17, 15) is 9.18 Å². The molecule has 1 fully saturated rings. The van der Waals surface area contributed by atoms with Crippen LogP contribution in [-0.4, -0.2) is 42.4 Å². The first-order valence-corrected chi connectivity index (χ1v) is 5.65. The van der Waals surface area contributed by atoms with Gasteiger partial charge in [0.15, 0.2) is 0 Å². The Morgan fingerprint density at radius 1 is 1.56 bits per heavy atom. The third-order valence-corrected chi connectivity index (χ3v) is 2.60. The molecule has 94 valence electrons. The van der Waals surface area contributed by atoms with Crippen molar-refractivity contribution < 1.29 is 13.9 Å². The quantitative estimate of drug-likeness (QED) is 0.746. The van der Waals surface area contributed by atoms with Gasteiger partial charge in [-0.15, -0.1) is 0 Å². The number of hydrogen-bond acceptors (Lipinski definition) is 3. The van der Waals surface area contributed by atoms with Crippen molar-refractivity contribution in [3.63, 3.8) is 0 Å². The highest BCUT2D eigenvalue weighted by molar-refractivity contribution is 5.68. The van der Waals surface area contributed by atoms with Gasteiger partial charge in [-0.05, 0) is 33.7 Å². The smallest absolute Gasteiger partial charge is 0.410 e. The van der Waals surface area contributed by atoms with Crippen LogP contribution in [0, 0.1) is 5.92 Å². The maximum absolute atomic E-state index is 13.4. The van der Waals surface area contributed by atoms with E-state index >= 15 is 0 Å². The molecule has 4 nitrogen and oxygen atoms in total. The second kappa shape index (κ2) is 4.99. The first-order valence-electron chi connectivity index (χ1n) is 5.65. The molecule has 0 radical (unpaired) electrons. The van der Waals surface area contributed by atoms with Crippen molar-refractivity contribution in [2.45, 2.75) is 39.0 Å². The number of ether oxygens (including phenoxy) is 1. The van der Waals surface area contributed by atoms with E-state index in [-0.39, 0.29) is 18.6 Å². The summed E-state index contributed by atoms with van der Waals surface area (Å²) in [6, 6.07) is 0. The molecule has 2 atom stereocenters. The van der Waals surface area contributed by atoms with Crippen LogP contribution in [0.4, 0.5) is 9.18 Å². The fraction of sp³-hybridized carbons (Fsp3) is 0.909. The van der Waals surface area contributed by atoms with Gasteiger partial charge >= 0.3 is 6.09 Å². The van der Waals surface area contributed by atoms with Crippen LogP contribution in [0.25, 0.3) is 0 Å². The highest BCUT2D eigenvalue weighted by Crippen LogP contribution is 2.21. The molecule has 1 saturated heterocycles. The van der Waals surface area contributed by atoms with Crippen LogP contribution in [0.2, 0.25) is 0 Å². The number of nitrogens with two attached hydrogens (primary N) is 1. The van der Waals surface area contributed by atoms with Crippen LogP contribution >= 0.6 is 0 Å². The predicted molar refractivity (Wildman–Crippen MR) is 59.9 cm³/mol. The van der Waals surface area contributed by atoms with Crippen molar-refractivity contribution in [1.82, 2.24) is 4.90 Å². The average molecular weight is 232 g/mol. The minimum absolute atomic E-state index is 0.263. The molecule has 1 amide bonds. The summed E-state index contributed by atoms with van der Waals surface area (Å²) in [5.74, 6) is -0.263. The van der Waals surface area contributed by atoms with Gasteiger partial charge in [0.1, 0.15) is 11.8 Å². The molecule has 1 rings (SSSR count). The van der Waals surface area contributed by atoms with Gasteiger partial charge in [0.05, 0.1) is 0 Å². The summed E-state index contributed by atoms with van der Waals surface area (Å²) < 4.78 is 18.6. The van der Waals surface area contributed by atoms with Gasteiger partial charge in [-0.2, -0.15) is 0 Å². The summed E-state index contributed by atoms with van der Waals surface area (Å²) >= 11 is 0. The maximum Gasteiger partial charge on any atom is 0.410 e. The molecule has 0 spiro atoms. The van der Waals surface area contributed by atoms with E-state index < -0.39 is 11.8 Å². The third-order valence-electron chi connectivity index (χ3n) is 2.60. The first kappa shape index (κ1) is 13.2. The molecule has 1 aliphatic rings. The molecule has 0 aromatic rings. The van der Waals surface area contributed by atoms with Crippen molar-refractivity contribution in [3.05, 3.63) is 0 Å². The molecule has 0 aromatic carbocycles. The second-order valence-electron chi connectivity index (χ2n) is 5.23. The molecule has 0 aliphatic carbocycles. The Morgan fingerprint density at radius 2 is 2.19 bits per heavy atom.